The third-order valence-electron chi connectivity index (χ3n) is 6.05. The van der Waals surface area contributed by atoms with Crippen molar-refractivity contribution in [2.75, 3.05) is 26.7 Å². The number of hydrogen-bond donors (Lipinski definition) is 2. The first-order valence-corrected chi connectivity index (χ1v) is 9.23. The van der Waals surface area contributed by atoms with Crippen LogP contribution in [-0.2, 0) is 6.42 Å². The second-order valence-corrected chi connectivity index (χ2v) is 7.52. The van der Waals surface area contributed by atoms with E-state index < -0.39 is 0 Å². The molecule has 5 heteroatoms. The maximum absolute atomic E-state index is 4.52. The average Bonchev–Trinajstić information content (AvgIpc) is 3.13. The van der Waals surface area contributed by atoms with Crippen LogP contribution in [0.1, 0.15) is 36.9 Å². The van der Waals surface area contributed by atoms with E-state index in [2.05, 4.69) is 51.4 Å². The predicted molar refractivity (Wildman–Crippen MR) is 116 cm³/mol. The summed E-state index contributed by atoms with van der Waals surface area (Å²) in [6.45, 7) is 5.45. The van der Waals surface area contributed by atoms with E-state index in [1.54, 1.807) is 0 Å². The lowest BCUT2D eigenvalue weighted by molar-refractivity contribution is 0.151. The van der Waals surface area contributed by atoms with Crippen LogP contribution in [0.2, 0.25) is 0 Å². The Kier molecular flexibility index (Phi) is 5.61. The Morgan fingerprint density at radius 3 is 2.76 bits per heavy atom. The van der Waals surface area contributed by atoms with E-state index in [0.717, 1.165) is 25.5 Å². The summed E-state index contributed by atoms with van der Waals surface area (Å²) in [6.07, 6.45) is 6.60. The van der Waals surface area contributed by atoms with Crippen molar-refractivity contribution >= 4 is 40.8 Å². The number of halogens is 1. The first kappa shape index (κ1) is 18.5. The predicted octanol–water partition coefficient (Wildman–Crippen LogP) is 4.09. The van der Waals surface area contributed by atoms with E-state index in [1.165, 1.54) is 54.4 Å². The number of fused-ring (bicyclic) bond motifs is 1. The quantitative estimate of drug-likeness (QED) is 0.419. The van der Waals surface area contributed by atoms with E-state index in [4.69, 9.17) is 0 Å². The number of aromatic nitrogens is 1. The van der Waals surface area contributed by atoms with E-state index in [9.17, 15) is 0 Å². The molecule has 2 fully saturated rings. The monoisotopic (exact) mass is 452 g/mol. The molecule has 4 nitrogen and oxygen atoms in total. The number of aliphatic imine (C=N–C) groups is 1. The summed E-state index contributed by atoms with van der Waals surface area (Å²) in [6, 6.07) is 8.57. The molecule has 1 aliphatic heterocycles. The third-order valence-corrected chi connectivity index (χ3v) is 6.05. The van der Waals surface area contributed by atoms with Gasteiger partial charge in [-0.1, -0.05) is 24.6 Å². The molecule has 1 spiro atoms. The fourth-order valence-corrected chi connectivity index (χ4v) is 4.49. The van der Waals surface area contributed by atoms with Crippen LogP contribution in [0.15, 0.2) is 29.3 Å². The highest BCUT2D eigenvalue weighted by Crippen LogP contribution is 2.47. The van der Waals surface area contributed by atoms with Crippen molar-refractivity contribution in [2.24, 2.45) is 10.4 Å². The van der Waals surface area contributed by atoms with E-state index in [1.807, 2.05) is 7.05 Å². The minimum atomic E-state index is 0. The minimum Gasteiger partial charge on any atom is -0.358 e. The molecule has 0 radical (unpaired) electrons. The lowest BCUT2D eigenvalue weighted by atomic mass is 9.68. The molecule has 2 N–H and O–H groups in total. The van der Waals surface area contributed by atoms with Crippen LogP contribution in [0.25, 0.3) is 10.9 Å². The van der Waals surface area contributed by atoms with Gasteiger partial charge in [0.1, 0.15) is 0 Å². The van der Waals surface area contributed by atoms with Gasteiger partial charge in [-0.2, -0.15) is 0 Å². The molecule has 25 heavy (non-hydrogen) atoms. The Morgan fingerprint density at radius 1 is 1.28 bits per heavy atom. The number of nitrogens with zero attached hydrogens (tertiary/aromatic N) is 2. The van der Waals surface area contributed by atoms with Gasteiger partial charge in [0.2, 0.25) is 0 Å². The Balaban J connectivity index is 0.00000182. The van der Waals surface area contributed by atoms with Crippen molar-refractivity contribution in [3.63, 3.8) is 0 Å². The summed E-state index contributed by atoms with van der Waals surface area (Å²) < 4.78 is 0. The van der Waals surface area contributed by atoms with Gasteiger partial charge in [0.15, 0.2) is 5.96 Å². The van der Waals surface area contributed by atoms with Gasteiger partial charge in [-0.15, -0.1) is 24.0 Å². The number of rotatable bonds is 3. The summed E-state index contributed by atoms with van der Waals surface area (Å²) in [5, 5.41) is 4.94. The SMILES string of the molecule is CN=C(NCCc1c(C)[nH]c2ccccc12)N1CCC2(CCC2)C1.I. The van der Waals surface area contributed by atoms with Crippen molar-refractivity contribution in [3.05, 3.63) is 35.5 Å². The van der Waals surface area contributed by atoms with Gasteiger partial charge in [0.05, 0.1) is 0 Å². The fraction of sp³-hybridized carbons (Fsp3) is 0.550. The highest BCUT2D eigenvalue weighted by molar-refractivity contribution is 14.0. The van der Waals surface area contributed by atoms with Crippen LogP contribution in [0.4, 0.5) is 0 Å². The standard InChI is InChI=1S/C20H28N4.HI/c1-15-16(17-6-3-4-7-18(17)23-15)8-12-22-19(21-2)24-13-11-20(14-24)9-5-10-20;/h3-4,6-7,23H,5,8-14H2,1-2H3,(H,21,22);1H. The molecule has 0 atom stereocenters. The molecular weight excluding hydrogens is 423 g/mol. The van der Waals surface area contributed by atoms with Crippen molar-refractivity contribution in [2.45, 2.75) is 39.0 Å². The Hall–Kier alpha value is -1.24. The molecule has 2 aliphatic rings. The number of nitrogens with one attached hydrogen (secondary N) is 2. The van der Waals surface area contributed by atoms with Crippen molar-refractivity contribution in [1.29, 1.82) is 0 Å². The number of aryl methyl sites for hydroxylation is 1. The number of benzene rings is 1. The van der Waals surface area contributed by atoms with Gasteiger partial charge >= 0.3 is 0 Å². The van der Waals surface area contributed by atoms with Gasteiger partial charge in [-0.05, 0) is 49.7 Å². The summed E-state index contributed by atoms with van der Waals surface area (Å²) in [4.78, 5) is 10.5. The molecule has 0 unspecified atom stereocenters. The van der Waals surface area contributed by atoms with Crippen LogP contribution in [0.3, 0.4) is 0 Å². The van der Waals surface area contributed by atoms with Gasteiger partial charge in [0.25, 0.3) is 0 Å². The first-order valence-electron chi connectivity index (χ1n) is 9.23. The zero-order valence-corrected chi connectivity index (χ0v) is 17.6. The molecule has 0 bridgehead atoms. The van der Waals surface area contributed by atoms with Gasteiger partial charge in [-0.25, -0.2) is 0 Å². The number of hydrogen-bond acceptors (Lipinski definition) is 1. The van der Waals surface area contributed by atoms with Crippen LogP contribution >= 0.6 is 24.0 Å². The Bertz CT molecular complexity index is 760. The van der Waals surface area contributed by atoms with Crippen molar-refractivity contribution in [3.8, 4) is 0 Å². The first-order chi connectivity index (χ1) is 11.7. The molecule has 136 valence electrons. The molecule has 1 saturated heterocycles. The van der Waals surface area contributed by atoms with E-state index in [0.29, 0.717) is 5.41 Å². The maximum Gasteiger partial charge on any atom is 0.193 e. The van der Waals surface area contributed by atoms with Gasteiger partial charge in [-0.3, -0.25) is 4.99 Å². The average molecular weight is 452 g/mol. The smallest absolute Gasteiger partial charge is 0.193 e. The third kappa shape index (κ3) is 3.52. The summed E-state index contributed by atoms with van der Waals surface area (Å²) in [5.41, 5.74) is 4.55. The molecule has 0 amide bonds. The fourth-order valence-electron chi connectivity index (χ4n) is 4.49. The highest BCUT2D eigenvalue weighted by Gasteiger charge is 2.43. The van der Waals surface area contributed by atoms with E-state index in [-0.39, 0.29) is 24.0 Å². The largest absolute Gasteiger partial charge is 0.358 e. The molecule has 1 aromatic carbocycles. The summed E-state index contributed by atoms with van der Waals surface area (Å²) in [5.74, 6) is 1.08. The van der Waals surface area contributed by atoms with Crippen molar-refractivity contribution < 1.29 is 0 Å². The van der Waals surface area contributed by atoms with Crippen LogP contribution in [-0.4, -0.2) is 42.5 Å². The maximum atomic E-state index is 4.52. The number of para-hydroxylation sites is 1. The van der Waals surface area contributed by atoms with E-state index >= 15 is 0 Å². The lowest BCUT2D eigenvalue weighted by Crippen LogP contribution is -2.43. The minimum absolute atomic E-state index is 0. The van der Waals surface area contributed by atoms with Crippen LogP contribution < -0.4 is 5.32 Å². The highest BCUT2D eigenvalue weighted by atomic mass is 127. The molecule has 1 aliphatic carbocycles. The van der Waals surface area contributed by atoms with Gasteiger partial charge in [0, 0.05) is 43.3 Å². The number of likely N-dealkylation sites (tertiary alicyclic amines) is 1. The number of guanidine groups is 1. The molecule has 1 aromatic heterocycles. The zero-order valence-electron chi connectivity index (χ0n) is 15.3. The van der Waals surface area contributed by atoms with Crippen LogP contribution in [0.5, 0.6) is 0 Å². The van der Waals surface area contributed by atoms with Crippen molar-refractivity contribution in [1.82, 2.24) is 15.2 Å². The molecule has 2 heterocycles. The lowest BCUT2D eigenvalue weighted by Gasteiger charge is -2.38. The molecule has 2 aromatic rings. The normalized spacial score (nSPS) is 19.1. The molecule has 4 rings (SSSR count). The Morgan fingerprint density at radius 2 is 2.08 bits per heavy atom. The second kappa shape index (κ2) is 7.56. The van der Waals surface area contributed by atoms with Crippen LogP contribution in [0, 0.1) is 12.3 Å². The second-order valence-electron chi connectivity index (χ2n) is 7.52. The summed E-state index contributed by atoms with van der Waals surface area (Å²) >= 11 is 0. The Labute approximate surface area is 167 Å². The van der Waals surface area contributed by atoms with Gasteiger partial charge < -0.3 is 15.2 Å². The molecular formula is C20H29IN4. The molecule has 1 saturated carbocycles. The number of H-pyrrole nitrogens is 1. The number of aromatic amines is 1. The topological polar surface area (TPSA) is 43.4 Å². The summed E-state index contributed by atoms with van der Waals surface area (Å²) in [7, 11) is 1.91. The zero-order chi connectivity index (χ0) is 16.6.